The average molecular weight is 222 g/mol. The summed E-state index contributed by atoms with van der Waals surface area (Å²) < 4.78 is 5.20. The van der Waals surface area contributed by atoms with Gasteiger partial charge in [0.15, 0.2) is 5.76 Å². The summed E-state index contributed by atoms with van der Waals surface area (Å²) in [6.45, 7) is 5.41. The zero-order chi connectivity index (χ0) is 11.5. The highest BCUT2D eigenvalue weighted by Crippen LogP contribution is 2.22. The Kier molecular flexibility index (Phi) is 3.39. The molecule has 0 bridgehead atoms. The topological polar surface area (TPSA) is 46.3 Å². The van der Waals surface area contributed by atoms with Crippen LogP contribution in [0.2, 0.25) is 0 Å². The Labute approximate surface area is 95.6 Å². The molecule has 1 aliphatic heterocycles. The Hall–Kier alpha value is -1.16. The first kappa shape index (κ1) is 11.3. The van der Waals surface area contributed by atoms with Gasteiger partial charge >= 0.3 is 0 Å². The van der Waals surface area contributed by atoms with Crippen molar-refractivity contribution in [3.05, 3.63) is 17.5 Å². The maximum atomic E-state index is 11.1. The summed E-state index contributed by atoms with van der Waals surface area (Å²) in [6.07, 6.45) is 2.95. The van der Waals surface area contributed by atoms with Crippen molar-refractivity contribution in [3.8, 4) is 0 Å². The van der Waals surface area contributed by atoms with Crippen molar-refractivity contribution in [3.63, 3.8) is 0 Å². The molecule has 1 saturated heterocycles. The van der Waals surface area contributed by atoms with Crippen LogP contribution in [0.25, 0.3) is 0 Å². The quantitative estimate of drug-likeness (QED) is 0.781. The molecule has 0 aromatic carbocycles. The van der Waals surface area contributed by atoms with Crippen molar-refractivity contribution in [2.45, 2.75) is 45.7 Å². The minimum Gasteiger partial charge on any atom is -0.360 e. The number of aryl methyl sites for hydroxylation is 1. The molecule has 16 heavy (non-hydrogen) atoms. The normalized spacial score (nSPS) is 21.5. The summed E-state index contributed by atoms with van der Waals surface area (Å²) in [5.41, 5.74) is 0.914. The number of Topliss-reactive ketones (excluding diaryl/α,β-unsaturated/α-hetero) is 1. The van der Waals surface area contributed by atoms with Crippen LogP contribution in [0.3, 0.4) is 0 Å². The van der Waals surface area contributed by atoms with E-state index in [4.69, 9.17) is 4.52 Å². The lowest BCUT2D eigenvalue weighted by Crippen LogP contribution is -2.30. The van der Waals surface area contributed by atoms with Gasteiger partial charge in [-0.1, -0.05) is 5.16 Å². The number of nitrogens with zero attached hydrogens (tertiary/aromatic N) is 2. The fourth-order valence-corrected chi connectivity index (χ4v) is 2.36. The van der Waals surface area contributed by atoms with Gasteiger partial charge in [-0.05, 0) is 33.2 Å². The Morgan fingerprint density at radius 3 is 3.12 bits per heavy atom. The minimum absolute atomic E-state index is 0.269. The van der Waals surface area contributed by atoms with Gasteiger partial charge in [-0.15, -0.1) is 0 Å². The lowest BCUT2D eigenvalue weighted by Gasteiger charge is -2.21. The van der Waals surface area contributed by atoms with E-state index < -0.39 is 0 Å². The number of aromatic nitrogens is 1. The molecule has 88 valence electrons. The molecule has 0 aliphatic carbocycles. The predicted octanol–water partition coefficient (Wildman–Crippen LogP) is 1.93. The van der Waals surface area contributed by atoms with Crippen LogP contribution in [-0.2, 0) is 11.3 Å². The van der Waals surface area contributed by atoms with Gasteiger partial charge < -0.3 is 4.52 Å². The van der Waals surface area contributed by atoms with Gasteiger partial charge in [-0.3, -0.25) is 9.69 Å². The zero-order valence-electron chi connectivity index (χ0n) is 9.90. The standard InChI is InChI=1S/C12H18N2O2/c1-9-6-12(16-13-9)8-14-5-3-4-11(14)7-10(2)15/h6,11H,3-5,7-8H2,1-2H3. The smallest absolute Gasteiger partial charge is 0.150 e. The van der Waals surface area contributed by atoms with E-state index in [-0.39, 0.29) is 5.78 Å². The monoisotopic (exact) mass is 222 g/mol. The van der Waals surface area contributed by atoms with E-state index in [0.29, 0.717) is 12.5 Å². The van der Waals surface area contributed by atoms with E-state index in [1.54, 1.807) is 6.92 Å². The first-order valence-electron chi connectivity index (χ1n) is 5.81. The third-order valence-electron chi connectivity index (χ3n) is 3.06. The summed E-state index contributed by atoms with van der Waals surface area (Å²) in [4.78, 5) is 13.5. The molecule has 1 fully saturated rings. The summed E-state index contributed by atoms with van der Waals surface area (Å²) in [7, 11) is 0. The van der Waals surface area contributed by atoms with Crippen LogP contribution < -0.4 is 0 Å². The molecule has 1 aromatic rings. The number of carbonyl (C=O) groups excluding carboxylic acids is 1. The maximum absolute atomic E-state index is 11.1. The number of likely N-dealkylation sites (tertiary alicyclic amines) is 1. The van der Waals surface area contributed by atoms with Crippen LogP contribution in [0.4, 0.5) is 0 Å². The molecule has 0 radical (unpaired) electrons. The van der Waals surface area contributed by atoms with Crippen molar-refractivity contribution in [1.29, 1.82) is 0 Å². The highest BCUT2D eigenvalue weighted by atomic mass is 16.5. The zero-order valence-corrected chi connectivity index (χ0v) is 9.90. The second-order valence-corrected chi connectivity index (χ2v) is 4.61. The first-order chi connectivity index (χ1) is 7.65. The molecule has 1 aromatic heterocycles. The second-order valence-electron chi connectivity index (χ2n) is 4.61. The van der Waals surface area contributed by atoms with Crippen LogP contribution in [0, 0.1) is 6.92 Å². The molecule has 1 atom stereocenters. The Bertz CT molecular complexity index is 373. The highest BCUT2D eigenvalue weighted by molar-refractivity contribution is 5.76. The molecular formula is C12H18N2O2. The SMILES string of the molecule is CC(=O)CC1CCCN1Cc1cc(C)no1. The molecule has 1 aliphatic rings. The van der Waals surface area contributed by atoms with Crippen LogP contribution in [-0.4, -0.2) is 28.4 Å². The van der Waals surface area contributed by atoms with E-state index in [1.165, 1.54) is 6.42 Å². The van der Waals surface area contributed by atoms with Gasteiger partial charge in [-0.2, -0.15) is 0 Å². The van der Waals surface area contributed by atoms with E-state index in [9.17, 15) is 4.79 Å². The van der Waals surface area contributed by atoms with Crippen molar-refractivity contribution in [1.82, 2.24) is 10.1 Å². The molecule has 0 spiro atoms. The summed E-state index contributed by atoms with van der Waals surface area (Å²) in [5.74, 6) is 1.17. The van der Waals surface area contributed by atoms with Crippen LogP contribution in [0.5, 0.6) is 0 Å². The number of hydrogen-bond acceptors (Lipinski definition) is 4. The van der Waals surface area contributed by atoms with E-state index in [0.717, 1.165) is 31.0 Å². The average Bonchev–Trinajstić information content (AvgIpc) is 2.77. The third kappa shape index (κ3) is 2.70. The molecule has 2 heterocycles. The predicted molar refractivity (Wildman–Crippen MR) is 60.0 cm³/mol. The minimum atomic E-state index is 0.269. The number of ketones is 1. The van der Waals surface area contributed by atoms with Crippen molar-refractivity contribution >= 4 is 5.78 Å². The number of carbonyl (C=O) groups is 1. The summed E-state index contributed by atoms with van der Waals surface area (Å²) >= 11 is 0. The van der Waals surface area contributed by atoms with Crippen molar-refractivity contribution in [2.75, 3.05) is 6.54 Å². The molecule has 2 rings (SSSR count). The Morgan fingerprint density at radius 2 is 2.50 bits per heavy atom. The fourth-order valence-electron chi connectivity index (χ4n) is 2.36. The van der Waals surface area contributed by atoms with Crippen LogP contribution in [0.1, 0.15) is 37.6 Å². The summed E-state index contributed by atoms with van der Waals surface area (Å²) in [6, 6.07) is 2.35. The fraction of sp³-hybridized carbons (Fsp3) is 0.667. The van der Waals surface area contributed by atoms with Gasteiger partial charge in [0.05, 0.1) is 12.2 Å². The van der Waals surface area contributed by atoms with E-state index >= 15 is 0 Å². The van der Waals surface area contributed by atoms with Gasteiger partial charge in [0.25, 0.3) is 0 Å². The van der Waals surface area contributed by atoms with E-state index in [2.05, 4.69) is 10.1 Å². The van der Waals surface area contributed by atoms with Crippen molar-refractivity contribution in [2.24, 2.45) is 0 Å². The molecular weight excluding hydrogens is 204 g/mol. The maximum Gasteiger partial charge on any atom is 0.150 e. The Balaban J connectivity index is 1.95. The molecule has 4 heteroatoms. The molecule has 4 nitrogen and oxygen atoms in total. The summed E-state index contributed by atoms with van der Waals surface area (Å²) in [5, 5.41) is 3.88. The van der Waals surface area contributed by atoms with Crippen LogP contribution >= 0.6 is 0 Å². The Morgan fingerprint density at radius 1 is 1.69 bits per heavy atom. The van der Waals surface area contributed by atoms with E-state index in [1.807, 2.05) is 13.0 Å². The lowest BCUT2D eigenvalue weighted by atomic mass is 10.1. The van der Waals surface area contributed by atoms with Gasteiger partial charge in [-0.25, -0.2) is 0 Å². The number of hydrogen-bond donors (Lipinski definition) is 0. The highest BCUT2D eigenvalue weighted by Gasteiger charge is 2.26. The molecule has 1 unspecified atom stereocenters. The largest absolute Gasteiger partial charge is 0.360 e. The number of rotatable bonds is 4. The second kappa shape index (κ2) is 4.78. The third-order valence-corrected chi connectivity index (χ3v) is 3.06. The molecule has 0 saturated carbocycles. The van der Waals surface area contributed by atoms with Gasteiger partial charge in [0.2, 0.25) is 0 Å². The van der Waals surface area contributed by atoms with Gasteiger partial charge in [0.1, 0.15) is 5.78 Å². The molecule has 0 amide bonds. The lowest BCUT2D eigenvalue weighted by molar-refractivity contribution is -0.118. The molecule has 0 N–H and O–H groups in total. The van der Waals surface area contributed by atoms with Crippen LogP contribution in [0.15, 0.2) is 10.6 Å². The first-order valence-corrected chi connectivity index (χ1v) is 5.81. The van der Waals surface area contributed by atoms with Crippen molar-refractivity contribution < 1.29 is 9.32 Å². The van der Waals surface area contributed by atoms with Gasteiger partial charge in [0, 0.05) is 18.5 Å².